The summed E-state index contributed by atoms with van der Waals surface area (Å²) in [4.78, 5) is 2.07. The molecule has 1 aliphatic heterocycles. The van der Waals surface area contributed by atoms with Gasteiger partial charge in [0.15, 0.2) is 0 Å². The highest BCUT2D eigenvalue weighted by atomic mass is 16.5. The first-order chi connectivity index (χ1) is 7.70. The van der Waals surface area contributed by atoms with E-state index in [-0.39, 0.29) is 0 Å². The summed E-state index contributed by atoms with van der Waals surface area (Å²) >= 11 is 0. The maximum atomic E-state index is 8.34. The Morgan fingerprint density at radius 3 is 2.25 bits per heavy atom. The quantitative estimate of drug-likeness (QED) is 0.577. The minimum atomic E-state index is -0.404. The van der Waals surface area contributed by atoms with E-state index in [0.29, 0.717) is 25.7 Å². The van der Waals surface area contributed by atoms with Crippen molar-refractivity contribution in [1.29, 1.82) is 5.41 Å². The van der Waals surface area contributed by atoms with Gasteiger partial charge in [-0.3, -0.25) is 5.41 Å². The van der Waals surface area contributed by atoms with E-state index in [9.17, 15) is 0 Å². The van der Waals surface area contributed by atoms with E-state index in [1.165, 1.54) is 0 Å². The third-order valence-corrected chi connectivity index (χ3v) is 3.23. The van der Waals surface area contributed by atoms with Crippen molar-refractivity contribution < 1.29 is 9.47 Å². The van der Waals surface area contributed by atoms with Gasteiger partial charge in [-0.05, 0) is 20.8 Å². The summed E-state index contributed by atoms with van der Waals surface area (Å²) < 4.78 is 11.2. The first-order valence-electron chi connectivity index (χ1n) is 6.25. The van der Waals surface area contributed by atoms with Crippen molar-refractivity contribution in [3.8, 4) is 0 Å². The fourth-order valence-corrected chi connectivity index (χ4v) is 2.25. The molecular weight excluding hydrogens is 204 g/mol. The number of likely N-dealkylation sites (N-methyl/N-ethyl adjacent to an activating group) is 1. The van der Waals surface area contributed by atoms with E-state index < -0.39 is 5.60 Å². The first kappa shape index (κ1) is 13.5. The largest absolute Gasteiger partial charge is 0.381 e. The Kier molecular flexibility index (Phi) is 5.22. The van der Waals surface area contributed by atoms with Gasteiger partial charge in [0.25, 0.3) is 0 Å². The molecule has 0 radical (unpaired) electrons. The van der Waals surface area contributed by atoms with Gasteiger partial charge in [0.2, 0.25) is 0 Å². The number of nitrogens with one attached hydrogen (secondary N) is 1. The molecule has 0 amide bonds. The van der Waals surface area contributed by atoms with Crippen LogP contribution in [0.25, 0.3) is 0 Å². The molecule has 0 aromatic carbocycles. The number of rotatable bonds is 5. The van der Waals surface area contributed by atoms with Crippen LogP contribution in [0.5, 0.6) is 0 Å². The van der Waals surface area contributed by atoms with Gasteiger partial charge in [0.05, 0.1) is 0 Å². The molecule has 94 valence electrons. The molecular formula is C12H24N2O2. The van der Waals surface area contributed by atoms with Crippen LogP contribution >= 0.6 is 0 Å². The average Bonchev–Trinajstić information content (AvgIpc) is 2.32. The van der Waals surface area contributed by atoms with Gasteiger partial charge < -0.3 is 14.4 Å². The molecule has 1 aliphatic rings. The molecule has 0 spiro atoms. The minimum Gasteiger partial charge on any atom is -0.381 e. The van der Waals surface area contributed by atoms with Crippen LogP contribution in [0.4, 0.5) is 0 Å². The second-order valence-electron chi connectivity index (χ2n) is 4.06. The van der Waals surface area contributed by atoms with E-state index in [1.54, 1.807) is 0 Å². The van der Waals surface area contributed by atoms with E-state index in [4.69, 9.17) is 14.9 Å². The van der Waals surface area contributed by atoms with Crippen LogP contribution < -0.4 is 0 Å². The average molecular weight is 228 g/mol. The number of hydrogen-bond acceptors (Lipinski definition) is 3. The van der Waals surface area contributed by atoms with Gasteiger partial charge in [-0.15, -0.1) is 0 Å². The minimum absolute atomic E-state index is 0.404. The van der Waals surface area contributed by atoms with Crippen molar-refractivity contribution in [2.45, 2.75) is 39.2 Å². The van der Waals surface area contributed by atoms with Crippen LogP contribution in [0.1, 0.15) is 33.6 Å². The molecule has 4 nitrogen and oxygen atoms in total. The summed E-state index contributed by atoms with van der Waals surface area (Å²) in [7, 11) is 0. The molecule has 1 fully saturated rings. The van der Waals surface area contributed by atoms with Crippen molar-refractivity contribution in [2.75, 3.05) is 32.9 Å². The van der Waals surface area contributed by atoms with Crippen LogP contribution in [0.3, 0.4) is 0 Å². The van der Waals surface area contributed by atoms with Gasteiger partial charge in [-0.1, -0.05) is 0 Å². The summed E-state index contributed by atoms with van der Waals surface area (Å²) in [6.45, 7) is 9.94. The number of amidine groups is 1. The molecule has 0 atom stereocenters. The second-order valence-corrected chi connectivity index (χ2v) is 4.06. The molecule has 0 aromatic heterocycles. The fraction of sp³-hybridized carbons (Fsp3) is 0.917. The summed E-state index contributed by atoms with van der Waals surface area (Å²) in [6.07, 6.45) is 1.60. The molecule has 0 unspecified atom stereocenters. The fourth-order valence-electron chi connectivity index (χ4n) is 2.25. The van der Waals surface area contributed by atoms with Crippen molar-refractivity contribution in [3.05, 3.63) is 0 Å². The van der Waals surface area contributed by atoms with Crippen molar-refractivity contribution in [1.82, 2.24) is 4.90 Å². The van der Waals surface area contributed by atoms with E-state index >= 15 is 0 Å². The Morgan fingerprint density at radius 2 is 1.81 bits per heavy atom. The number of nitrogens with zero attached hydrogens (tertiary/aromatic N) is 1. The van der Waals surface area contributed by atoms with Crippen molar-refractivity contribution >= 4 is 5.84 Å². The van der Waals surface area contributed by atoms with Crippen LogP contribution in [0, 0.1) is 5.41 Å². The molecule has 0 saturated carbocycles. The highest BCUT2D eigenvalue weighted by Gasteiger charge is 2.39. The standard InChI is InChI=1S/C12H24N2O2/c1-4-14(5-2)11(13)12(16-6-3)7-9-15-10-8-12/h13H,4-10H2,1-3H3. The predicted molar refractivity (Wildman–Crippen MR) is 65.1 cm³/mol. The van der Waals surface area contributed by atoms with Gasteiger partial charge in [0, 0.05) is 45.8 Å². The van der Waals surface area contributed by atoms with Crippen LogP contribution in [-0.2, 0) is 9.47 Å². The van der Waals surface area contributed by atoms with E-state index in [1.807, 2.05) is 6.92 Å². The summed E-state index contributed by atoms with van der Waals surface area (Å²) in [6, 6.07) is 0. The molecule has 1 N–H and O–H groups in total. The molecule has 1 saturated heterocycles. The van der Waals surface area contributed by atoms with E-state index in [0.717, 1.165) is 25.9 Å². The SMILES string of the molecule is CCOC1(C(=N)N(CC)CC)CCOCC1. The van der Waals surface area contributed by atoms with Crippen LogP contribution in [0.2, 0.25) is 0 Å². The van der Waals surface area contributed by atoms with Crippen molar-refractivity contribution in [2.24, 2.45) is 0 Å². The first-order valence-corrected chi connectivity index (χ1v) is 6.25. The Labute approximate surface area is 98.4 Å². The Balaban J connectivity index is 2.78. The molecule has 0 bridgehead atoms. The topological polar surface area (TPSA) is 45.5 Å². The summed E-state index contributed by atoms with van der Waals surface area (Å²) in [5, 5.41) is 8.34. The summed E-state index contributed by atoms with van der Waals surface area (Å²) in [5.41, 5.74) is -0.404. The number of ether oxygens (including phenoxy) is 2. The smallest absolute Gasteiger partial charge is 0.129 e. The monoisotopic (exact) mass is 228 g/mol. The lowest BCUT2D eigenvalue weighted by Crippen LogP contribution is -2.53. The Hall–Kier alpha value is -0.610. The Bertz CT molecular complexity index is 216. The predicted octanol–water partition coefficient (Wildman–Crippen LogP) is 1.89. The van der Waals surface area contributed by atoms with Gasteiger partial charge in [0.1, 0.15) is 11.4 Å². The van der Waals surface area contributed by atoms with Gasteiger partial charge in [-0.25, -0.2) is 0 Å². The lowest BCUT2D eigenvalue weighted by molar-refractivity contribution is -0.0701. The third kappa shape index (κ3) is 2.74. The molecule has 1 heterocycles. The van der Waals surface area contributed by atoms with Gasteiger partial charge >= 0.3 is 0 Å². The molecule has 0 aromatic rings. The molecule has 1 rings (SSSR count). The van der Waals surface area contributed by atoms with E-state index in [2.05, 4.69) is 18.7 Å². The zero-order chi connectivity index (χ0) is 12.0. The summed E-state index contributed by atoms with van der Waals surface area (Å²) in [5.74, 6) is 0.627. The maximum Gasteiger partial charge on any atom is 0.129 e. The van der Waals surface area contributed by atoms with Gasteiger partial charge in [-0.2, -0.15) is 0 Å². The normalized spacial score (nSPS) is 19.4. The lowest BCUT2D eigenvalue weighted by Gasteiger charge is -2.41. The van der Waals surface area contributed by atoms with Crippen LogP contribution in [0.15, 0.2) is 0 Å². The molecule has 16 heavy (non-hydrogen) atoms. The van der Waals surface area contributed by atoms with Crippen molar-refractivity contribution in [3.63, 3.8) is 0 Å². The highest BCUT2D eigenvalue weighted by molar-refractivity contribution is 5.88. The maximum absolute atomic E-state index is 8.34. The highest BCUT2D eigenvalue weighted by Crippen LogP contribution is 2.27. The zero-order valence-electron chi connectivity index (χ0n) is 10.7. The number of hydrogen-bond donors (Lipinski definition) is 1. The Morgan fingerprint density at radius 1 is 1.25 bits per heavy atom. The zero-order valence-corrected chi connectivity index (χ0v) is 10.7. The molecule has 4 heteroatoms. The molecule has 0 aliphatic carbocycles. The van der Waals surface area contributed by atoms with Crippen LogP contribution in [-0.4, -0.2) is 49.2 Å². The third-order valence-electron chi connectivity index (χ3n) is 3.23. The second kappa shape index (κ2) is 6.21. The lowest BCUT2D eigenvalue weighted by atomic mass is 9.91.